The second-order valence-electron chi connectivity index (χ2n) is 6.72. The molecule has 0 radical (unpaired) electrons. The minimum atomic E-state index is -0.748. The number of terminal acetylenes is 1. The number of nitrogens with zero attached hydrogens (tertiary/aromatic N) is 2. The van der Waals surface area contributed by atoms with Gasteiger partial charge in [0.05, 0.1) is 16.3 Å². The highest BCUT2D eigenvalue weighted by Crippen LogP contribution is 2.38. The van der Waals surface area contributed by atoms with Gasteiger partial charge in [0.2, 0.25) is 0 Å². The van der Waals surface area contributed by atoms with Crippen LogP contribution >= 0.6 is 23.7 Å². The maximum absolute atomic E-state index is 14.4. The molecule has 1 unspecified atom stereocenters. The predicted octanol–water partition coefficient (Wildman–Crippen LogP) is 4.19. The van der Waals surface area contributed by atoms with E-state index in [0.29, 0.717) is 18.1 Å². The van der Waals surface area contributed by atoms with Gasteiger partial charge < -0.3 is 14.9 Å². The van der Waals surface area contributed by atoms with Crippen LogP contribution in [0.5, 0.6) is 5.75 Å². The Labute approximate surface area is 177 Å². The lowest BCUT2D eigenvalue weighted by atomic mass is 9.99. The van der Waals surface area contributed by atoms with Crippen LogP contribution in [0.4, 0.5) is 8.78 Å². The lowest BCUT2D eigenvalue weighted by molar-refractivity contribution is 0.0803. The van der Waals surface area contributed by atoms with Gasteiger partial charge in [-0.3, -0.25) is 0 Å². The van der Waals surface area contributed by atoms with Crippen molar-refractivity contribution in [1.82, 2.24) is 10.3 Å². The van der Waals surface area contributed by atoms with Crippen molar-refractivity contribution in [2.24, 2.45) is 5.16 Å². The Morgan fingerprint density at radius 3 is 2.86 bits per heavy atom. The average molecular weight is 440 g/mol. The Morgan fingerprint density at radius 1 is 1.31 bits per heavy atom. The third-order valence-electron chi connectivity index (χ3n) is 4.86. The van der Waals surface area contributed by atoms with Crippen molar-refractivity contribution >= 4 is 29.5 Å². The molecule has 1 atom stereocenters. The Bertz CT molecular complexity index is 938. The number of oxime groups is 1. The molecule has 9 heteroatoms. The zero-order chi connectivity index (χ0) is 19.5. The molecule has 5 nitrogen and oxygen atoms in total. The van der Waals surface area contributed by atoms with E-state index < -0.39 is 17.7 Å². The van der Waals surface area contributed by atoms with Crippen LogP contribution in [0, 0.1) is 24.0 Å². The Kier molecular flexibility index (Phi) is 7.06. The highest BCUT2D eigenvalue weighted by Gasteiger charge is 2.31. The number of hydrogen-bond donors (Lipinski definition) is 1. The third kappa shape index (κ3) is 4.69. The Morgan fingerprint density at radius 2 is 2.10 bits per heavy atom. The molecule has 1 aromatic heterocycles. The molecule has 2 aliphatic heterocycles. The van der Waals surface area contributed by atoms with Gasteiger partial charge in [-0.2, -0.15) is 0 Å². The molecule has 4 rings (SSSR count). The van der Waals surface area contributed by atoms with E-state index in [9.17, 15) is 8.78 Å². The molecule has 29 heavy (non-hydrogen) atoms. The average Bonchev–Trinajstić information content (AvgIpc) is 3.36. The first-order valence-corrected chi connectivity index (χ1v) is 9.98. The molecule has 3 heterocycles. The monoisotopic (exact) mass is 439 g/mol. The quantitative estimate of drug-likeness (QED) is 0.710. The summed E-state index contributed by atoms with van der Waals surface area (Å²) in [5.41, 5.74) is 1.51. The topological polar surface area (TPSA) is 55.7 Å². The van der Waals surface area contributed by atoms with Crippen molar-refractivity contribution in [2.75, 3.05) is 19.7 Å². The number of halogens is 3. The highest BCUT2D eigenvalue weighted by molar-refractivity contribution is 7.10. The van der Waals surface area contributed by atoms with Gasteiger partial charge in [-0.1, -0.05) is 11.1 Å². The molecule has 0 amide bonds. The molecule has 1 aromatic carbocycles. The fraction of sp³-hybridized carbons (Fsp3) is 0.400. The van der Waals surface area contributed by atoms with Crippen LogP contribution in [-0.4, -0.2) is 30.4 Å². The number of rotatable bonds is 5. The first-order valence-electron chi connectivity index (χ1n) is 9.10. The van der Waals surface area contributed by atoms with E-state index in [1.165, 1.54) is 0 Å². The molecule has 0 bridgehead atoms. The van der Waals surface area contributed by atoms with Gasteiger partial charge in [0.25, 0.3) is 0 Å². The zero-order valence-corrected chi connectivity index (χ0v) is 17.1. The van der Waals surface area contributed by atoms with Gasteiger partial charge in [-0.15, -0.1) is 30.2 Å². The van der Waals surface area contributed by atoms with Crippen LogP contribution in [0.25, 0.3) is 0 Å². The van der Waals surface area contributed by atoms with Gasteiger partial charge in [0.1, 0.15) is 29.7 Å². The summed E-state index contributed by atoms with van der Waals surface area (Å²) in [6.07, 6.45) is 6.93. The van der Waals surface area contributed by atoms with Crippen molar-refractivity contribution in [3.05, 3.63) is 45.4 Å². The van der Waals surface area contributed by atoms with Gasteiger partial charge in [-0.05, 0) is 25.9 Å². The molecule has 2 aliphatic rings. The van der Waals surface area contributed by atoms with Gasteiger partial charge in [0.15, 0.2) is 6.10 Å². The SMILES string of the molecule is C#CCOc1cc(F)cc(F)c1C1CC(c2csc(C3CCNCC3)n2)=NO1.Cl. The van der Waals surface area contributed by atoms with Crippen LogP contribution in [0.2, 0.25) is 0 Å². The molecule has 1 saturated heterocycles. The molecule has 2 aromatic rings. The van der Waals surface area contributed by atoms with E-state index in [0.717, 1.165) is 48.8 Å². The number of ether oxygens (including phenoxy) is 1. The lowest BCUT2D eigenvalue weighted by Gasteiger charge is -2.20. The van der Waals surface area contributed by atoms with Crippen molar-refractivity contribution in [3.8, 4) is 18.1 Å². The van der Waals surface area contributed by atoms with Crippen LogP contribution < -0.4 is 10.1 Å². The van der Waals surface area contributed by atoms with E-state index in [1.807, 2.05) is 5.38 Å². The van der Waals surface area contributed by atoms with Crippen molar-refractivity contribution < 1.29 is 18.4 Å². The summed E-state index contributed by atoms with van der Waals surface area (Å²) in [5, 5.41) is 10.5. The molecule has 0 spiro atoms. The summed E-state index contributed by atoms with van der Waals surface area (Å²) in [5.74, 6) is 1.29. The number of hydrogen-bond acceptors (Lipinski definition) is 6. The Balaban J connectivity index is 0.00000240. The Hall–Kier alpha value is -2.21. The highest BCUT2D eigenvalue weighted by atomic mass is 35.5. The van der Waals surface area contributed by atoms with E-state index in [2.05, 4.69) is 16.4 Å². The normalized spacial score (nSPS) is 19.1. The van der Waals surface area contributed by atoms with Crippen LogP contribution in [0.1, 0.15) is 47.5 Å². The van der Waals surface area contributed by atoms with E-state index in [4.69, 9.17) is 21.0 Å². The first kappa shape index (κ1) is 21.5. The summed E-state index contributed by atoms with van der Waals surface area (Å²) >= 11 is 1.61. The third-order valence-corrected chi connectivity index (χ3v) is 5.87. The molecular weight excluding hydrogens is 420 g/mol. The zero-order valence-electron chi connectivity index (χ0n) is 15.5. The number of benzene rings is 1. The number of aromatic nitrogens is 1. The van der Waals surface area contributed by atoms with Crippen molar-refractivity contribution in [1.29, 1.82) is 0 Å². The maximum Gasteiger partial charge on any atom is 0.164 e. The summed E-state index contributed by atoms with van der Waals surface area (Å²) in [7, 11) is 0. The molecule has 1 N–H and O–H groups in total. The van der Waals surface area contributed by atoms with E-state index in [-0.39, 0.29) is 30.3 Å². The standard InChI is InChI=1S/C20H19F2N3O2S.ClH/c1-2-7-26-17-9-13(21)8-14(22)19(17)18-10-15(25-27-18)16-11-28-20(24-16)12-3-5-23-6-4-12;/h1,8-9,11-12,18,23H,3-7,10H2;1H. The van der Waals surface area contributed by atoms with Gasteiger partial charge >= 0.3 is 0 Å². The number of piperidine rings is 1. The second kappa shape index (κ2) is 9.53. The molecule has 154 valence electrons. The van der Waals surface area contributed by atoms with E-state index >= 15 is 0 Å². The van der Waals surface area contributed by atoms with Crippen LogP contribution in [0.15, 0.2) is 22.7 Å². The van der Waals surface area contributed by atoms with Gasteiger partial charge in [0, 0.05) is 29.9 Å². The molecule has 1 fully saturated rings. The fourth-order valence-corrected chi connectivity index (χ4v) is 4.47. The molecular formula is C20H20ClF2N3O2S. The molecule has 0 saturated carbocycles. The second-order valence-corrected chi connectivity index (χ2v) is 7.61. The smallest absolute Gasteiger partial charge is 0.164 e. The summed E-state index contributed by atoms with van der Waals surface area (Å²) in [6.45, 7) is 1.90. The minimum absolute atomic E-state index is 0. The van der Waals surface area contributed by atoms with E-state index in [1.54, 1.807) is 11.3 Å². The largest absolute Gasteiger partial charge is 0.480 e. The summed E-state index contributed by atoms with van der Waals surface area (Å²) < 4.78 is 33.4. The number of nitrogens with one attached hydrogen (secondary N) is 1. The number of thiazole rings is 1. The minimum Gasteiger partial charge on any atom is -0.480 e. The maximum atomic E-state index is 14.4. The fourth-order valence-electron chi connectivity index (χ4n) is 3.47. The summed E-state index contributed by atoms with van der Waals surface area (Å²) in [6, 6.07) is 1.91. The predicted molar refractivity (Wildman–Crippen MR) is 110 cm³/mol. The first-order chi connectivity index (χ1) is 13.7. The van der Waals surface area contributed by atoms with Crippen LogP contribution in [0.3, 0.4) is 0 Å². The van der Waals surface area contributed by atoms with Crippen molar-refractivity contribution in [3.63, 3.8) is 0 Å². The van der Waals surface area contributed by atoms with Gasteiger partial charge in [-0.25, -0.2) is 13.8 Å². The van der Waals surface area contributed by atoms with Crippen molar-refractivity contribution in [2.45, 2.75) is 31.3 Å². The molecule has 0 aliphatic carbocycles. The summed E-state index contributed by atoms with van der Waals surface area (Å²) in [4.78, 5) is 10.2. The van der Waals surface area contributed by atoms with Crippen LogP contribution in [-0.2, 0) is 4.84 Å². The lowest BCUT2D eigenvalue weighted by Crippen LogP contribution is -2.26.